The Morgan fingerprint density at radius 2 is 2.00 bits per heavy atom. The summed E-state index contributed by atoms with van der Waals surface area (Å²) in [7, 11) is 0. The molecule has 6 heteroatoms. The van der Waals surface area contributed by atoms with Crippen molar-refractivity contribution in [2.45, 2.75) is 6.42 Å². The lowest BCUT2D eigenvalue weighted by Gasteiger charge is -2.07. The number of nitrogens with one attached hydrogen (secondary N) is 1. The molecule has 98 valence electrons. The van der Waals surface area contributed by atoms with Gasteiger partial charge in [-0.25, -0.2) is 0 Å². The number of ether oxygens (including phenoxy) is 1. The summed E-state index contributed by atoms with van der Waals surface area (Å²) >= 11 is 0. The summed E-state index contributed by atoms with van der Waals surface area (Å²) in [5.41, 5.74) is 12.0. The second-order valence-corrected chi connectivity index (χ2v) is 3.74. The van der Waals surface area contributed by atoms with E-state index in [0.717, 1.165) is 5.56 Å². The molecular weight excluding hydrogens is 234 g/mol. The standard InChI is InChI=1S/C12H17N3O3/c13-10-4-2-1-3-9(10)7-12(17)15-5-6-18-8-11(14)16/h1-4H,5-8,13H2,(H2,14,16)(H,15,17). The molecule has 6 nitrogen and oxygen atoms in total. The molecule has 0 saturated heterocycles. The number of amides is 2. The van der Waals surface area contributed by atoms with Crippen molar-refractivity contribution >= 4 is 17.5 Å². The molecule has 0 saturated carbocycles. The number of anilines is 1. The van der Waals surface area contributed by atoms with E-state index in [0.29, 0.717) is 12.2 Å². The number of carbonyl (C=O) groups is 2. The summed E-state index contributed by atoms with van der Waals surface area (Å²) < 4.78 is 4.91. The fourth-order valence-electron chi connectivity index (χ4n) is 1.37. The summed E-state index contributed by atoms with van der Waals surface area (Å²) in [6.45, 7) is 0.444. The van der Waals surface area contributed by atoms with Gasteiger partial charge in [0.1, 0.15) is 6.61 Å². The first-order chi connectivity index (χ1) is 8.59. The number of para-hydroxylation sites is 1. The summed E-state index contributed by atoms with van der Waals surface area (Å²) in [6.07, 6.45) is 0.225. The minimum Gasteiger partial charge on any atom is -0.398 e. The maximum absolute atomic E-state index is 11.5. The van der Waals surface area contributed by atoms with Gasteiger partial charge in [0.2, 0.25) is 11.8 Å². The third kappa shape index (κ3) is 5.31. The van der Waals surface area contributed by atoms with E-state index in [1.165, 1.54) is 0 Å². The van der Waals surface area contributed by atoms with Crippen LogP contribution >= 0.6 is 0 Å². The summed E-state index contributed by atoms with van der Waals surface area (Å²) in [5, 5.41) is 2.66. The maximum atomic E-state index is 11.5. The van der Waals surface area contributed by atoms with Crippen LogP contribution in [0.5, 0.6) is 0 Å². The normalized spacial score (nSPS) is 10.0. The van der Waals surface area contributed by atoms with E-state index in [4.69, 9.17) is 16.2 Å². The quantitative estimate of drug-likeness (QED) is 0.445. The zero-order valence-electron chi connectivity index (χ0n) is 10.0. The van der Waals surface area contributed by atoms with Crippen LogP contribution < -0.4 is 16.8 Å². The first kappa shape index (κ1) is 14.0. The van der Waals surface area contributed by atoms with Crippen LogP contribution in [0.3, 0.4) is 0 Å². The summed E-state index contributed by atoms with van der Waals surface area (Å²) in [6, 6.07) is 7.19. The van der Waals surface area contributed by atoms with Gasteiger partial charge < -0.3 is 21.5 Å². The van der Waals surface area contributed by atoms with Gasteiger partial charge in [0.05, 0.1) is 13.0 Å². The first-order valence-electron chi connectivity index (χ1n) is 5.55. The highest BCUT2D eigenvalue weighted by molar-refractivity contribution is 5.80. The van der Waals surface area contributed by atoms with Crippen LogP contribution in [0.4, 0.5) is 5.69 Å². The third-order valence-corrected chi connectivity index (χ3v) is 2.22. The Hall–Kier alpha value is -2.08. The van der Waals surface area contributed by atoms with Crippen molar-refractivity contribution in [2.75, 3.05) is 25.5 Å². The Balaban J connectivity index is 2.22. The van der Waals surface area contributed by atoms with E-state index in [9.17, 15) is 9.59 Å². The Kier molecular flexibility index (Phi) is 5.66. The predicted molar refractivity (Wildman–Crippen MR) is 67.6 cm³/mol. The van der Waals surface area contributed by atoms with Gasteiger partial charge >= 0.3 is 0 Å². The van der Waals surface area contributed by atoms with Gasteiger partial charge in [-0.1, -0.05) is 18.2 Å². The first-order valence-corrected chi connectivity index (χ1v) is 5.55. The lowest BCUT2D eigenvalue weighted by Crippen LogP contribution is -2.30. The number of benzene rings is 1. The molecule has 0 atom stereocenters. The molecule has 0 unspecified atom stereocenters. The van der Waals surface area contributed by atoms with Gasteiger partial charge in [0.15, 0.2) is 0 Å². The number of hydrogen-bond acceptors (Lipinski definition) is 4. The molecule has 0 fully saturated rings. The molecular formula is C12H17N3O3. The highest BCUT2D eigenvalue weighted by Crippen LogP contribution is 2.10. The van der Waals surface area contributed by atoms with Crippen LogP contribution in [0.2, 0.25) is 0 Å². The molecule has 18 heavy (non-hydrogen) atoms. The second-order valence-electron chi connectivity index (χ2n) is 3.74. The largest absolute Gasteiger partial charge is 0.398 e. The molecule has 0 radical (unpaired) electrons. The monoisotopic (exact) mass is 251 g/mol. The Morgan fingerprint density at radius 3 is 2.67 bits per heavy atom. The van der Waals surface area contributed by atoms with Crippen LogP contribution in [-0.2, 0) is 20.7 Å². The third-order valence-electron chi connectivity index (χ3n) is 2.22. The van der Waals surface area contributed by atoms with Gasteiger partial charge in [-0.05, 0) is 11.6 Å². The van der Waals surface area contributed by atoms with E-state index < -0.39 is 5.91 Å². The van der Waals surface area contributed by atoms with Crippen molar-refractivity contribution in [3.05, 3.63) is 29.8 Å². The van der Waals surface area contributed by atoms with Crippen LogP contribution in [0.15, 0.2) is 24.3 Å². The van der Waals surface area contributed by atoms with E-state index in [1.807, 2.05) is 12.1 Å². The number of rotatable bonds is 7. The van der Waals surface area contributed by atoms with Crippen LogP contribution in [0, 0.1) is 0 Å². The van der Waals surface area contributed by atoms with Crippen molar-refractivity contribution in [1.82, 2.24) is 5.32 Å². The average Bonchev–Trinajstić information content (AvgIpc) is 2.31. The molecule has 0 aliphatic heterocycles. The SMILES string of the molecule is NC(=O)COCCNC(=O)Cc1ccccc1N. The molecule has 2 amide bonds. The molecule has 0 aromatic heterocycles. The van der Waals surface area contributed by atoms with Crippen molar-refractivity contribution < 1.29 is 14.3 Å². The molecule has 5 N–H and O–H groups in total. The molecule has 0 aliphatic carbocycles. The van der Waals surface area contributed by atoms with Gasteiger partial charge in [-0.2, -0.15) is 0 Å². The Bertz CT molecular complexity index is 421. The van der Waals surface area contributed by atoms with E-state index in [-0.39, 0.29) is 25.5 Å². The lowest BCUT2D eigenvalue weighted by atomic mass is 10.1. The fourth-order valence-corrected chi connectivity index (χ4v) is 1.37. The highest BCUT2D eigenvalue weighted by atomic mass is 16.5. The predicted octanol–water partition coefficient (Wildman–Crippen LogP) is -0.571. The van der Waals surface area contributed by atoms with Crippen LogP contribution in [0.25, 0.3) is 0 Å². The summed E-state index contributed by atoms with van der Waals surface area (Å²) in [4.78, 5) is 21.9. The fraction of sp³-hybridized carbons (Fsp3) is 0.333. The van der Waals surface area contributed by atoms with Gasteiger partial charge in [-0.3, -0.25) is 9.59 Å². The lowest BCUT2D eigenvalue weighted by molar-refractivity contribution is -0.122. The number of hydrogen-bond donors (Lipinski definition) is 3. The summed E-state index contributed by atoms with van der Waals surface area (Å²) in [5.74, 6) is -0.672. The molecule has 1 aromatic carbocycles. The van der Waals surface area contributed by atoms with Crippen molar-refractivity contribution in [3.63, 3.8) is 0 Å². The molecule has 0 heterocycles. The zero-order chi connectivity index (χ0) is 13.4. The number of nitrogen functional groups attached to an aromatic ring is 1. The van der Waals surface area contributed by atoms with E-state index in [1.54, 1.807) is 12.1 Å². The topological polar surface area (TPSA) is 107 Å². The minimum atomic E-state index is -0.529. The smallest absolute Gasteiger partial charge is 0.243 e. The van der Waals surface area contributed by atoms with Crippen molar-refractivity contribution in [3.8, 4) is 0 Å². The number of primary amides is 1. The van der Waals surface area contributed by atoms with E-state index in [2.05, 4.69) is 5.32 Å². The van der Waals surface area contributed by atoms with E-state index >= 15 is 0 Å². The molecule has 0 aliphatic rings. The molecule has 1 aromatic rings. The minimum absolute atomic E-state index is 0.137. The Labute approximate surface area is 105 Å². The zero-order valence-corrected chi connectivity index (χ0v) is 10.0. The van der Waals surface area contributed by atoms with Gasteiger partial charge in [0.25, 0.3) is 0 Å². The molecule has 0 bridgehead atoms. The molecule has 1 rings (SSSR count). The van der Waals surface area contributed by atoms with Crippen LogP contribution in [-0.4, -0.2) is 31.6 Å². The average molecular weight is 251 g/mol. The number of nitrogens with two attached hydrogens (primary N) is 2. The maximum Gasteiger partial charge on any atom is 0.243 e. The van der Waals surface area contributed by atoms with Crippen molar-refractivity contribution in [1.29, 1.82) is 0 Å². The van der Waals surface area contributed by atoms with Crippen LogP contribution in [0.1, 0.15) is 5.56 Å². The van der Waals surface area contributed by atoms with Gasteiger partial charge in [0, 0.05) is 12.2 Å². The van der Waals surface area contributed by atoms with Gasteiger partial charge in [-0.15, -0.1) is 0 Å². The molecule has 0 spiro atoms. The van der Waals surface area contributed by atoms with Crippen molar-refractivity contribution in [2.24, 2.45) is 5.73 Å². The second kappa shape index (κ2) is 7.29. The highest BCUT2D eigenvalue weighted by Gasteiger charge is 2.05. The number of carbonyl (C=O) groups excluding carboxylic acids is 2. The Morgan fingerprint density at radius 1 is 1.28 bits per heavy atom.